The molecule has 120 valence electrons. The van der Waals surface area contributed by atoms with E-state index in [4.69, 9.17) is 9.47 Å². The number of methoxy groups -OCH3 is 2. The maximum atomic E-state index is 12.2. The van der Waals surface area contributed by atoms with E-state index in [2.05, 4.69) is 10.3 Å². The van der Waals surface area contributed by atoms with E-state index in [1.807, 2.05) is 24.3 Å². The lowest BCUT2D eigenvalue weighted by molar-refractivity contribution is -0.142. The number of aromatic nitrogens is 1. The Kier molecular flexibility index (Phi) is 5.68. The summed E-state index contributed by atoms with van der Waals surface area (Å²) in [5, 5.41) is 2.69. The third kappa shape index (κ3) is 4.54. The number of rotatable bonds is 6. The molecule has 2 rings (SSSR count). The summed E-state index contributed by atoms with van der Waals surface area (Å²) in [6.45, 7) is 0. The Morgan fingerprint density at radius 2 is 1.91 bits per heavy atom. The summed E-state index contributed by atoms with van der Waals surface area (Å²) in [7, 11) is 2.86. The summed E-state index contributed by atoms with van der Waals surface area (Å²) < 4.78 is 9.94. The van der Waals surface area contributed by atoms with Gasteiger partial charge in [-0.2, -0.15) is 0 Å². The number of hydrogen-bond acceptors (Lipinski definition) is 5. The zero-order chi connectivity index (χ0) is 16.7. The molecule has 1 atom stereocenters. The summed E-state index contributed by atoms with van der Waals surface area (Å²) in [6, 6.07) is 9.68. The van der Waals surface area contributed by atoms with Crippen LogP contribution in [0.5, 0.6) is 5.75 Å². The minimum Gasteiger partial charge on any atom is -0.497 e. The molecule has 0 fully saturated rings. The fourth-order valence-electron chi connectivity index (χ4n) is 2.12. The number of carbonyl (C=O) groups is 2. The second-order valence-electron chi connectivity index (χ2n) is 4.84. The highest BCUT2D eigenvalue weighted by molar-refractivity contribution is 5.96. The smallest absolute Gasteiger partial charge is 0.328 e. The number of hydrogen-bond donors (Lipinski definition) is 1. The van der Waals surface area contributed by atoms with Crippen molar-refractivity contribution in [1.29, 1.82) is 0 Å². The molecule has 0 aliphatic carbocycles. The van der Waals surface area contributed by atoms with Gasteiger partial charge in [0.05, 0.1) is 14.2 Å². The van der Waals surface area contributed by atoms with E-state index in [1.54, 1.807) is 19.2 Å². The molecule has 0 radical (unpaired) electrons. The van der Waals surface area contributed by atoms with Crippen LogP contribution in [0.2, 0.25) is 0 Å². The predicted octanol–water partition coefficient (Wildman–Crippen LogP) is 1.60. The lowest BCUT2D eigenvalue weighted by Crippen LogP contribution is -2.43. The Morgan fingerprint density at radius 3 is 2.57 bits per heavy atom. The summed E-state index contributed by atoms with van der Waals surface area (Å²) in [4.78, 5) is 28.0. The Bertz CT molecular complexity index is 673. The number of nitrogens with one attached hydrogen (secondary N) is 1. The molecule has 1 aromatic carbocycles. The Balaban J connectivity index is 2.14. The van der Waals surface area contributed by atoms with Gasteiger partial charge >= 0.3 is 5.97 Å². The van der Waals surface area contributed by atoms with Crippen molar-refractivity contribution in [1.82, 2.24) is 10.3 Å². The number of esters is 1. The highest BCUT2D eigenvalue weighted by atomic mass is 16.5. The fraction of sp³-hybridized carbons (Fsp3) is 0.235. The molecule has 1 aromatic heterocycles. The van der Waals surface area contributed by atoms with Gasteiger partial charge in [-0.25, -0.2) is 4.79 Å². The molecule has 1 N–H and O–H groups in total. The molecule has 0 aliphatic rings. The second kappa shape index (κ2) is 7.93. The molecule has 0 spiro atoms. The van der Waals surface area contributed by atoms with E-state index in [0.29, 0.717) is 17.7 Å². The van der Waals surface area contributed by atoms with E-state index in [0.717, 1.165) is 5.56 Å². The maximum Gasteiger partial charge on any atom is 0.328 e. The van der Waals surface area contributed by atoms with Crippen LogP contribution in [-0.2, 0) is 16.0 Å². The number of carbonyl (C=O) groups excluding carboxylic acids is 2. The molecule has 0 aliphatic heterocycles. The monoisotopic (exact) mass is 314 g/mol. The van der Waals surface area contributed by atoms with Gasteiger partial charge in [-0.3, -0.25) is 9.78 Å². The average Bonchev–Trinajstić information content (AvgIpc) is 2.61. The molecular weight excluding hydrogens is 296 g/mol. The van der Waals surface area contributed by atoms with Gasteiger partial charge in [-0.05, 0) is 29.8 Å². The van der Waals surface area contributed by atoms with Crippen LogP contribution in [0.3, 0.4) is 0 Å². The van der Waals surface area contributed by atoms with E-state index >= 15 is 0 Å². The first-order chi connectivity index (χ1) is 11.1. The van der Waals surface area contributed by atoms with Gasteiger partial charge in [0.15, 0.2) is 0 Å². The minimum absolute atomic E-state index is 0.306. The van der Waals surface area contributed by atoms with Crippen molar-refractivity contribution < 1.29 is 19.1 Å². The first-order valence-corrected chi connectivity index (χ1v) is 7.05. The second-order valence-corrected chi connectivity index (χ2v) is 4.84. The van der Waals surface area contributed by atoms with Gasteiger partial charge in [-0.15, -0.1) is 0 Å². The molecule has 0 saturated heterocycles. The van der Waals surface area contributed by atoms with Gasteiger partial charge in [-0.1, -0.05) is 12.1 Å². The fourth-order valence-corrected chi connectivity index (χ4v) is 2.12. The average molecular weight is 314 g/mol. The molecule has 0 bridgehead atoms. The zero-order valence-corrected chi connectivity index (χ0v) is 13.0. The third-order valence-electron chi connectivity index (χ3n) is 3.31. The first-order valence-electron chi connectivity index (χ1n) is 7.05. The minimum atomic E-state index is -0.784. The molecule has 6 heteroatoms. The summed E-state index contributed by atoms with van der Waals surface area (Å²) in [6.07, 6.45) is 3.34. The summed E-state index contributed by atoms with van der Waals surface area (Å²) in [5.41, 5.74) is 1.29. The van der Waals surface area contributed by atoms with Crippen LogP contribution in [0, 0.1) is 0 Å². The van der Waals surface area contributed by atoms with Crippen LogP contribution in [0.1, 0.15) is 15.9 Å². The van der Waals surface area contributed by atoms with Crippen LogP contribution >= 0.6 is 0 Å². The predicted molar refractivity (Wildman–Crippen MR) is 84.2 cm³/mol. The third-order valence-corrected chi connectivity index (χ3v) is 3.31. The SMILES string of the molecule is COC(=O)[C@@H](Cc1cccc(OC)c1)NC(=O)c1ccncc1. The van der Waals surface area contributed by atoms with Crippen molar-refractivity contribution in [2.45, 2.75) is 12.5 Å². The number of amides is 1. The van der Waals surface area contributed by atoms with Crippen LogP contribution in [-0.4, -0.2) is 37.1 Å². The van der Waals surface area contributed by atoms with Crippen LogP contribution in [0.15, 0.2) is 48.8 Å². The number of benzene rings is 1. The molecule has 2 aromatic rings. The van der Waals surface area contributed by atoms with E-state index in [1.165, 1.54) is 19.5 Å². The van der Waals surface area contributed by atoms with Crippen LogP contribution in [0.25, 0.3) is 0 Å². The van der Waals surface area contributed by atoms with Crippen molar-refractivity contribution in [3.8, 4) is 5.75 Å². The summed E-state index contributed by atoms with van der Waals surface area (Å²) >= 11 is 0. The van der Waals surface area contributed by atoms with Gasteiger partial charge < -0.3 is 14.8 Å². The summed E-state index contributed by atoms with van der Waals surface area (Å²) in [5.74, 6) is -0.174. The van der Waals surface area contributed by atoms with Crippen molar-refractivity contribution in [2.24, 2.45) is 0 Å². The number of nitrogens with zero attached hydrogens (tertiary/aromatic N) is 1. The molecule has 1 heterocycles. The largest absolute Gasteiger partial charge is 0.497 e. The van der Waals surface area contributed by atoms with Crippen molar-refractivity contribution >= 4 is 11.9 Å². The molecule has 0 saturated carbocycles. The number of ether oxygens (including phenoxy) is 2. The van der Waals surface area contributed by atoms with Gasteiger partial charge in [0.2, 0.25) is 0 Å². The van der Waals surface area contributed by atoms with Crippen molar-refractivity contribution in [3.63, 3.8) is 0 Å². The van der Waals surface area contributed by atoms with E-state index in [9.17, 15) is 9.59 Å². The lowest BCUT2D eigenvalue weighted by atomic mass is 10.1. The van der Waals surface area contributed by atoms with E-state index < -0.39 is 12.0 Å². The first kappa shape index (κ1) is 16.5. The quantitative estimate of drug-likeness (QED) is 0.820. The standard InChI is InChI=1S/C17H18N2O4/c1-22-14-5-3-4-12(10-14)11-15(17(21)23-2)19-16(20)13-6-8-18-9-7-13/h3-10,15H,11H2,1-2H3,(H,19,20)/t15-/m1/s1. The number of pyridine rings is 1. The Labute approximate surface area is 134 Å². The maximum absolute atomic E-state index is 12.2. The normalized spacial score (nSPS) is 11.4. The zero-order valence-electron chi connectivity index (χ0n) is 13.0. The van der Waals surface area contributed by atoms with Gasteiger partial charge in [0.1, 0.15) is 11.8 Å². The lowest BCUT2D eigenvalue weighted by Gasteiger charge is -2.17. The van der Waals surface area contributed by atoms with Crippen molar-refractivity contribution in [3.05, 3.63) is 59.9 Å². The molecular formula is C17H18N2O4. The Morgan fingerprint density at radius 1 is 1.17 bits per heavy atom. The molecule has 1 amide bonds. The van der Waals surface area contributed by atoms with Crippen LogP contribution in [0.4, 0.5) is 0 Å². The molecule has 23 heavy (non-hydrogen) atoms. The molecule has 6 nitrogen and oxygen atoms in total. The van der Waals surface area contributed by atoms with Gasteiger partial charge in [0, 0.05) is 24.4 Å². The van der Waals surface area contributed by atoms with E-state index in [-0.39, 0.29) is 5.91 Å². The topological polar surface area (TPSA) is 77.5 Å². The van der Waals surface area contributed by atoms with Crippen molar-refractivity contribution in [2.75, 3.05) is 14.2 Å². The highest BCUT2D eigenvalue weighted by Gasteiger charge is 2.22. The Hall–Kier alpha value is -2.89. The molecule has 0 unspecified atom stereocenters. The highest BCUT2D eigenvalue weighted by Crippen LogP contribution is 2.14. The van der Waals surface area contributed by atoms with Crippen LogP contribution < -0.4 is 10.1 Å². The van der Waals surface area contributed by atoms with Gasteiger partial charge in [0.25, 0.3) is 5.91 Å².